The average molecular weight is 376 g/mol. The average Bonchev–Trinajstić information content (AvgIpc) is 2.68. The number of Topliss-reactive ketones (excluding diaryl/α,β-unsaturated/α-hetero) is 1. The van der Waals surface area contributed by atoms with Gasteiger partial charge in [0.15, 0.2) is 0 Å². The lowest BCUT2D eigenvalue weighted by molar-refractivity contribution is -0.118. The zero-order chi connectivity index (χ0) is 19.7. The van der Waals surface area contributed by atoms with Gasteiger partial charge in [-0.2, -0.15) is 0 Å². The third-order valence-corrected chi connectivity index (χ3v) is 5.76. The molecule has 0 bridgehead atoms. The molecule has 4 heteroatoms. The zero-order valence-corrected chi connectivity index (χ0v) is 16.0. The van der Waals surface area contributed by atoms with Crippen LogP contribution in [0.4, 0.5) is 0 Å². The molecule has 1 atom stereocenters. The molecule has 0 aliphatic heterocycles. The molecule has 0 radical (unpaired) electrons. The number of hydrogen-bond acceptors (Lipinski definition) is 4. The van der Waals surface area contributed by atoms with Crippen molar-refractivity contribution in [2.24, 2.45) is 0 Å². The van der Waals surface area contributed by atoms with Crippen LogP contribution >= 0.6 is 0 Å². The highest BCUT2D eigenvalue weighted by Gasteiger charge is 2.24. The Bertz CT molecular complexity index is 1080. The fourth-order valence-electron chi connectivity index (χ4n) is 4.15. The third kappa shape index (κ3) is 3.59. The second-order valence-electron chi connectivity index (χ2n) is 7.75. The van der Waals surface area contributed by atoms with Gasteiger partial charge in [0, 0.05) is 18.4 Å². The van der Waals surface area contributed by atoms with Crippen LogP contribution in [0.25, 0.3) is 11.0 Å². The Labute approximate surface area is 163 Å². The maximum absolute atomic E-state index is 12.3. The van der Waals surface area contributed by atoms with E-state index in [1.165, 1.54) is 5.56 Å². The summed E-state index contributed by atoms with van der Waals surface area (Å²) in [6.07, 6.45) is 3.95. The summed E-state index contributed by atoms with van der Waals surface area (Å²) in [5.41, 5.74) is 3.43. The Morgan fingerprint density at radius 1 is 1.07 bits per heavy atom. The molecule has 1 aromatic heterocycles. The molecule has 0 fully saturated rings. The van der Waals surface area contributed by atoms with Gasteiger partial charge in [0.05, 0.1) is 5.39 Å². The van der Waals surface area contributed by atoms with E-state index in [1.54, 1.807) is 6.07 Å². The monoisotopic (exact) mass is 376 g/mol. The molecule has 0 saturated heterocycles. The van der Waals surface area contributed by atoms with Crippen molar-refractivity contribution in [3.63, 3.8) is 0 Å². The van der Waals surface area contributed by atoms with Crippen molar-refractivity contribution in [2.45, 2.75) is 51.4 Å². The van der Waals surface area contributed by atoms with Gasteiger partial charge in [-0.25, -0.2) is 4.79 Å². The Kier molecular flexibility index (Phi) is 5.03. The number of aryl methyl sites for hydroxylation is 1. The lowest BCUT2D eigenvalue weighted by Gasteiger charge is -2.18. The molecule has 1 aliphatic carbocycles. The molecule has 3 aromatic rings. The molecular formula is C24H24O4. The summed E-state index contributed by atoms with van der Waals surface area (Å²) in [7, 11) is 0. The minimum absolute atomic E-state index is 0.0945. The maximum Gasteiger partial charge on any atom is 0.339 e. The molecule has 1 heterocycles. The minimum Gasteiger partial charge on any atom is -0.507 e. The molecule has 4 rings (SSSR count). The van der Waals surface area contributed by atoms with Gasteiger partial charge in [-0.1, -0.05) is 37.3 Å². The highest BCUT2D eigenvalue weighted by atomic mass is 16.4. The van der Waals surface area contributed by atoms with E-state index in [0.29, 0.717) is 34.9 Å². The van der Waals surface area contributed by atoms with E-state index in [2.05, 4.69) is 19.1 Å². The summed E-state index contributed by atoms with van der Waals surface area (Å²) < 4.78 is 5.51. The van der Waals surface area contributed by atoms with Gasteiger partial charge in [0.25, 0.3) is 0 Å². The van der Waals surface area contributed by atoms with Crippen LogP contribution in [0.2, 0.25) is 0 Å². The van der Waals surface area contributed by atoms with Gasteiger partial charge in [0.1, 0.15) is 17.1 Å². The summed E-state index contributed by atoms with van der Waals surface area (Å²) in [6, 6.07) is 14.0. The number of phenols is 1. The number of benzene rings is 2. The number of phenolic OH excluding ortho intramolecular Hbond substituents is 1. The molecule has 144 valence electrons. The smallest absolute Gasteiger partial charge is 0.339 e. The van der Waals surface area contributed by atoms with E-state index in [9.17, 15) is 14.7 Å². The molecule has 4 nitrogen and oxygen atoms in total. The molecule has 1 N–H and O–H groups in total. The topological polar surface area (TPSA) is 67.5 Å². The number of ketones is 1. The number of hydrogen-bond donors (Lipinski definition) is 1. The van der Waals surface area contributed by atoms with E-state index in [1.807, 2.05) is 24.3 Å². The van der Waals surface area contributed by atoms with Crippen LogP contribution < -0.4 is 5.63 Å². The van der Waals surface area contributed by atoms with E-state index in [4.69, 9.17) is 4.42 Å². The van der Waals surface area contributed by atoms with Gasteiger partial charge in [-0.15, -0.1) is 0 Å². The molecular weight excluding hydrogens is 352 g/mol. The molecule has 0 spiro atoms. The van der Waals surface area contributed by atoms with Gasteiger partial charge in [-0.3, -0.25) is 4.79 Å². The Balaban J connectivity index is 1.60. The highest BCUT2D eigenvalue weighted by Crippen LogP contribution is 2.36. The van der Waals surface area contributed by atoms with Crippen molar-refractivity contribution in [3.8, 4) is 5.75 Å². The number of fused-ring (bicyclic) bond motifs is 3. The molecule has 0 saturated carbocycles. The van der Waals surface area contributed by atoms with Crippen LogP contribution in [-0.2, 0) is 24.1 Å². The lowest BCUT2D eigenvalue weighted by Crippen LogP contribution is -2.21. The van der Waals surface area contributed by atoms with Crippen molar-refractivity contribution in [3.05, 3.63) is 75.1 Å². The van der Waals surface area contributed by atoms with Gasteiger partial charge in [0.2, 0.25) is 0 Å². The number of aromatic hydroxyl groups is 1. The number of carbonyl (C=O) groups excluding carboxylic acids is 1. The van der Waals surface area contributed by atoms with Crippen molar-refractivity contribution in [1.29, 1.82) is 0 Å². The Morgan fingerprint density at radius 3 is 2.64 bits per heavy atom. The van der Waals surface area contributed by atoms with E-state index < -0.39 is 0 Å². The minimum atomic E-state index is -0.386. The van der Waals surface area contributed by atoms with Crippen molar-refractivity contribution in [1.82, 2.24) is 0 Å². The molecule has 2 aromatic carbocycles. The number of carbonyl (C=O) groups is 1. The first-order chi connectivity index (χ1) is 13.5. The first kappa shape index (κ1) is 18.5. The molecule has 0 amide bonds. The predicted molar refractivity (Wildman–Crippen MR) is 109 cm³/mol. The van der Waals surface area contributed by atoms with E-state index >= 15 is 0 Å². The quantitative estimate of drug-likeness (QED) is 0.657. The summed E-state index contributed by atoms with van der Waals surface area (Å²) in [5.74, 6) is 0.413. The summed E-state index contributed by atoms with van der Waals surface area (Å²) in [5, 5.41) is 11.2. The summed E-state index contributed by atoms with van der Waals surface area (Å²) in [6.45, 7) is 2.12. The molecule has 28 heavy (non-hydrogen) atoms. The lowest BCUT2D eigenvalue weighted by atomic mass is 9.87. The first-order valence-corrected chi connectivity index (χ1v) is 9.90. The largest absolute Gasteiger partial charge is 0.507 e. The summed E-state index contributed by atoms with van der Waals surface area (Å²) in [4.78, 5) is 24.2. The first-order valence-electron chi connectivity index (χ1n) is 9.90. The maximum atomic E-state index is 12.3. The van der Waals surface area contributed by atoms with Crippen LogP contribution in [-0.4, -0.2) is 10.9 Å². The van der Waals surface area contributed by atoms with Crippen LogP contribution in [0.5, 0.6) is 5.75 Å². The van der Waals surface area contributed by atoms with E-state index in [0.717, 1.165) is 24.8 Å². The Hall–Kier alpha value is -2.88. The normalized spacial score (nSPS) is 14.8. The predicted octanol–water partition coefficient (Wildman–Crippen LogP) is 4.68. The van der Waals surface area contributed by atoms with Crippen LogP contribution in [0.1, 0.15) is 54.4 Å². The molecule has 1 unspecified atom stereocenters. The van der Waals surface area contributed by atoms with Crippen LogP contribution in [0.3, 0.4) is 0 Å². The number of rotatable bonds is 5. The van der Waals surface area contributed by atoms with Crippen LogP contribution in [0, 0.1) is 0 Å². The fraction of sp³-hybridized carbons (Fsp3) is 0.333. The van der Waals surface area contributed by atoms with Crippen LogP contribution in [0.15, 0.2) is 51.7 Å². The van der Waals surface area contributed by atoms with Gasteiger partial charge in [-0.05, 0) is 60.4 Å². The zero-order valence-electron chi connectivity index (χ0n) is 16.0. The fourth-order valence-corrected chi connectivity index (χ4v) is 4.15. The van der Waals surface area contributed by atoms with E-state index in [-0.39, 0.29) is 29.5 Å². The van der Waals surface area contributed by atoms with Gasteiger partial charge >= 0.3 is 5.63 Å². The SMILES string of the molecule is CC(CCCc1ccccc1)c1cc(O)c2c3c(c(=O)oc2c1)CCC(=O)C3. The molecule has 1 aliphatic rings. The Morgan fingerprint density at radius 2 is 1.86 bits per heavy atom. The van der Waals surface area contributed by atoms with Gasteiger partial charge < -0.3 is 9.52 Å². The van der Waals surface area contributed by atoms with Crippen molar-refractivity contribution < 1.29 is 14.3 Å². The highest BCUT2D eigenvalue weighted by molar-refractivity contribution is 5.94. The third-order valence-electron chi connectivity index (χ3n) is 5.76. The van der Waals surface area contributed by atoms with Crippen molar-refractivity contribution in [2.75, 3.05) is 0 Å². The summed E-state index contributed by atoms with van der Waals surface area (Å²) >= 11 is 0. The second kappa shape index (κ2) is 7.63. The second-order valence-corrected chi connectivity index (χ2v) is 7.75. The van der Waals surface area contributed by atoms with Crippen molar-refractivity contribution >= 4 is 16.8 Å². The standard InChI is InChI=1S/C24H24O4/c1-15(6-5-9-16-7-3-2-4-8-16)17-12-21(26)23-20-14-18(25)10-11-19(20)24(27)28-22(23)13-17/h2-4,7-8,12-13,15,26H,5-6,9-11,14H2,1H3.